The number of carbonyl (C=O) groups is 1. The number of hydrogen-bond acceptors (Lipinski definition) is 2. The second-order valence-electron chi connectivity index (χ2n) is 6.61. The van der Waals surface area contributed by atoms with Gasteiger partial charge >= 0.3 is 0 Å². The summed E-state index contributed by atoms with van der Waals surface area (Å²) in [5.41, 5.74) is 1.23. The number of nitrogens with zero attached hydrogens (tertiary/aromatic N) is 1. The van der Waals surface area contributed by atoms with E-state index in [1.807, 2.05) is 18.2 Å². The molecule has 1 aromatic carbocycles. The summed E-state index contributed by atoms with van der Waals surface area (Å²) in [6, 6.07) is 10.6. The molecule has 0 radical (unpaired) electrons. The van der Waals surface area contributed by atoms with E-state index in [4.69, 9.17) is 0 Å². The predicted octanol–water partition coefficient (Wildman–Crippen LogP) is 2.71. The van der Waals surface area contributed by atoms with Gasteiger partial charge in [-0.15, -0.1) is 24.0 Å². The van der Waals surface area contributed by atoms with Gasteiger partial charge in [-0.05, 0) is 43.6 Å². The molecule has 0 bridgehead atoms. The van der Waals surface area contributed by atoms with Crippen LogP contribution in [-0.2, 0) is 11.2 Å². The highest BCUT2D eigenvalue weighted by Gasteiger charge is 2.18. The summed E-state index contributed by atoms with van der Waals surface area (Å²) in [6.45, 7) is 3.21. The zero-order chi connectivity index (χ0) is 17.2. The van der Waals surface area contributed by atoms with E-state index in [0.717, 1.165) is 12.3 Å². The lowest BCUT2D eigenvalue weighted by Crippen LogP contribution is -2.47. The van der Waals surface area contributed by atoms with Gasteiger partial charge in [-0.1, -0.05) is 37.3 Å². The first-order chi connectivity index (χ1) is 11.7. The summed E-state index contributed by atoms with van der Waals surface area (Å²) >= 11 is 0. The lowest BCUT2D eigenvalue weighted by molar-refractivity contribution is -0.119. The van der Waals surface area contributed by atoms with Crippen LogP contribution >= 0.6 is 24.0 Å². The molecule has 2 rings (SSSR count). The molecule has 0 aliphatic heterocycles. The molecule has 0 spiro atoms. The van der Waals surface area contributed by atoms with Crippen molar-refractivity contribution in [2.45, 2.75) is 45.1 Å². The van der Waals surface area contributed by atoms with Crippen LogP contribution in [0.1, 0.15) is 38.2 Å². The van der Waals surface area contributed by atoms with Crippen LogP contribution in [-0.4, -0.2) is 38.0 Å². The van der Waals surface area contributed by atoms with E-state index in [-0.39, 0.29) is 36.4 Å². The summed E-state index contributed by atoms with van der Waals surface area (Å²) in [5.74, 6) is 1.53. The fourth-order valence-corrected chi connectivity index (χ4v) is 3.01. The van der Waals surface area contributed by atoms with Crippen LogP contribution in [0.5, 0.6) is 0 Å². The van der Waals surface area contributed by atoms with Crippen LogP contribution in [0.25, 0.3) is 0 Å². The maximum atomic E-state index is 11.9. The standard InChI is InChI=1S/C19H30N4O.HI/c1-15-8-10-17(11-9-15)23-19(20-2)22-14-18(24)21-13-12-16-6-4-3-5-7-16;/h3-7,15,17H,8-14H2,1-2H3,(H,21,24)(H2,20,22,23);1H. The fourth-order valence-electron chi connectivity index (χ4n) is 3.01. The van der Waals surface area contributed by atoms with E-state index in [2.05, 4.69) is 40.0 Å². The van der Waals surface area contributed by atoms with Crippen LogP contribution in [0.4, 0.5) is 0 Å². The lowest BCUT2D eigenvalue weighted by Gasteiger charge is -2.28. The summed E-state index contributed by atoms with van der Waals surface area (Å²) in [5, 5.41) is 9.46. The SMILES string of the molecule is CN=C(NCC(=O)NCCc1ccccc1)NC1CCC(C)CC1.I. The Morgan fingerprint density at radius 1 is 1.12 bits per heavy atom. The van der Waals surface area contributed by atoms with E-state index < -0.39 is 0 Å². The maximum Gasteiger partial charge on any atom is 0.239 e. The summed E-state index contributed by atoms with van der Waals surface area (Å²) < 4.78 is 0. The van der Waals surface area contributed by atoms with Crippen LogP contribution in [0.2, 0.25) is 0 Å². The van der Waals surface area contributed by atoms with Crippen molar-refractivity contribution in [1.29, 1.82) is 0 Å². The van der Waals surface area contributed by atoms with Gasteiger partial charge in [0.2, 0.25) is 5.91 Å². The van der Waals surface area contributed by atoms with Crippen molar-refractivity contribution in [1.82, 2.24) is 16.0 Å². The highest BCUT2D eigenvalue weighted by atomic mass is 127. The third-order valence-corrected chi connectivity index (χ3v) is 4.58. The topological polar surface area (TPSA) is 65.5 Å². The quantitative estimate of drug-likeness (QED) is 0.349. The molecule has 0 aromatic heterocycles. The van der Waals surface area contributed by atoms with Gasteiger partial charge in [0.05, 0.1) is 6.54 Å². The number of aliphatic imine (C=N–C) groups is 1. The van der Waals surface area contributed by atoms with Crippen molar-refractivity contribution in [3.05, 3.63) is 35.9 Å². The van der Waals surface area contributed by atoms with Crippen molar-refractivity contribution >= 4 is 35.8 Å². The Balaban J connectivity index is 0.00000312. The molecule has 0 atom stereocenters. The zero-order valence-corrected chi connectivity index (χ0v) is 17.6. The van der Waals surface area contributed by atoms with Crippen LogP contribution in [0.3, 0.4) is 0 Å². The minimum Gasteiger partial charge on any atom is -0.354 e. The number of halogens is 1. The Morgan fingerprint density at radius 2 is 1.80 bits per heavy atom. The van der Waals surface area contributed by atoms with Crippen molar-refractivity contribution in [2.75, 3.05) is 20.1 Å². The van der Waals surface area contributed by atoms with Gasteiger partial charge in [0.15, 0.2) is 5.96 Å². The number of nitrogens with one attached hydrogen (secondary N) is 3. The number of rotatable bonds is 6. The molecule has 1 aliphatic carbocycles. The number of carbonyl (C=O) groups excluding carboxylic acids is 1. The summed E-state index contributed by atoms with van der Waals surface area (Å²) in [7, 11) is 1.74. The third-order valence-electron chi connectivity index (χ3n) is 4.58. The van der Waals surface area contributed by atoms with E-state index in [1.165, 1.54) is 31.2 Å². The second kappa shape index (κ2) is 12.1. The van der Waals surface area contributed by atoms with Crippen molar-refractivity contribution in [3.8, 4) is 0 Å². The molecule has 1 saturated carbocycles. The normalized spacial score (nSPS) is 20.3. The van der Waals surface area contributed by atoms with Crippen molar-refractivity contribution < 1.29 is 4.79 Å². The maximum absolute atomic E-state index is 11.9. The summed E-state index contributed by atoms with van der Waals surface area (Å²) in [4.78, 5) is 16.1. The largest absolute Gasteiger partial charge is 0.354 e. The van der Waals surface area contributed by atoms with E-state index in [1.54, 1.807) is 7.05 Å². The molecule has 0 heterocycles. The third kappa shape index (κ3) is 8.56. The van der Waals surface area contributed by atoms with Crippen LogP contribution in [0.15, 0.2) is 35.3 Å². The minimum absolute atomic E-state index is 0. The Labute approximate surface area is 168 Å². The molecule has 5 nitrogen and oxygen atoms in total. The van der Waals surface area contributed by atoms with Crippen molar-refractivity contribution in [2.24, 2.45) is 10.9 Å². The van der Waals surface area contributed by atoms with Gasteiger partial charge in [0, 0.05) is 19.6 Å². The number of hydrogen-bond donors (Lipinski definition) is 3. The molecule has 6 heteroatoms. The molecule has 1 fully saturated rings. The molecule has 1 amide bonds. The Bertz CT molecular complexity index is 527. The number of amides is 1. The van der Waals surface area contributed by atoms with Crippen molar-refractivity contribution in [3.63, 3.8) is 0 Å². The van der Waals surface area contributed by atoms with Gasteiger partial charge in [-0.2, -0.15) is 0 Å². The Kier molecular flexibility index (Phi) is 10.5. The first-order valence-electron chi connectivity index (χ1n) is 8.95. The zero-order valence-electron chi connectivity index (χ0n) is 15.3. The molecule has 0 saturated heterocycles. The average Bonchev–Trinajstić information content (AvgIpc) is 2.61. The molecule has 1 aliphatic rings. The Hall–Kier alpha value is -1.31. The fraction of sp³-hybridized carbons (Fsp3) is 0.579. The van der Waals surface area contributed by atoms with Crippen LogP contribution in [0, 0.1) is 5.92 Å². The smallest absolute Gasteiger partial charge is 0.239 e. The van der Waals surface area contributed by atoms with Gasteiger partial charge in [0.1, 0.15) is 0 Å². The molecular formula is C19H31IN4O. The highest BCUT2D eigenvalue weighted by Crippen LogP contribution is 2.23. The Morgan fingerprint density at radius 3 is 2.44 bits per heavy atom. The van der Waals surface area contributed by atoms with E-state index >= 15 is 0 Å². The molecule has 1 aromatic rings. The van der Waals surface area contributed by atoms with E-state index in [0.29, 0.717) is 18.5 Å². The van der Waals surface area contributed by atoms with Crippen LogP contribution < -0.4 is 16.0 Å². The molecule has 0 unspecified atom stereocenters. The second-order valence-corrected chi connectivity index (χ2v) is 6.61. The first kappa shape index (κ1) is 21.7. The first-order valence-corrected chi connectivity index (χ1v) is 8.95. The summed E-state index contributed by atoms with van der Waals surface area (Å²) in [6.07, 6.45) is 5.71. The highest BCUT2D eigenvalue weighted by molar-refractivity contribution is 14.0. The molecular weight excluding hydrogens is 427 g/mol. The predicted molar refractivity (Wildman–Crippen MR) is 114 cm³/mol. The number of benzene rings is 1. The van der Waals surface area contributed by atoms with Gasteiger partial charge in [-0.25, -0.2) is 0 Å². The lowest BCUT2D eigenvalue weighted by atomic mass is 9.87. The molecule has 140 valence electrons. The van der Waals surface area contributed by atoms with Gasteiger partial charge in [0.25, 0.3) is 0 Å². The van der Waals surface area contributed by atoms with E-state index in [9.17, 15) is 4.79 Å². The monoisotopic (exact) mass is 458 g/mol. The van der Waals surface area contributed by atoms with Gasteiger partial charge in [-0.3, -0.25) is 9.79 Å². The molecule has 25 heavy (non-hydrogen) atoms. The van der Waals surface area contributed by atoms with Gasteiger partial charge < -0.3 is 16.0 Å². The average molecular weight is 458 g/mol. The number of guanidine groups is 1. The minimum atomic E-state index is -0.00820. The molecule has 3 N–H and O–H groups in total.